The number of imidazole rings is 1. The second-order valence-electron chi connectivity index (χ2n) is 8.58. The molecule has 2 heterocycles. The van der Waals surface area contributed by atoms with E-state index in [0.717, 1.165) is 27.4 Å². The van der Waals surface area contributed by atoms with Crippen molar-refractivity contribution in [3.8, 4) is 17.2 Å². The van der Waals surface area contributed by atoms with Crippen LogP contribution in [-0.4, -0.2) is 43.6 Å². The van der Waals surface area contributed by atoms with Crippen LogP contribution in [0.5, 0.6) is 11.5 Å². The minimum atomic E-state index is -4.26. The van der Waals surface area contributed by atoms with Crippen LogP contribution in [0.4, 0.5) is 10.1 Å². The van der Waals surface area contributed by atoms with E-state index in [1.165, 1.54) is 36.4 Å². The number of amides is 1. The summed E-state index contributed by atoms with van der Waals surface area (Å²) in [5.41, 5.74) is 1.78. The highest BCUT2D eigenvalue weighted by atomic mass is 32.2. The van der Waals surface area contributed by atoms with E-state index in [0.29, 0.717) is 12.4 Å². The molecule has 5 rings (SSSR count). The minimum Gasteiger partial charge on any atom is -0.486 e. The number of benzene rings is 3. The van der Waals surface area contributed by atoms with Crippen LogP contribution in [0.25, 0.3) is 5.69 Å². The van der Waals surface area contributed by atoms with Gasteiger partial charge in [-0.25, -0.2) is 17.8 Å². The average molecular weight is 537 g/mol. The fraction of sp³-hybridized carbons (Fsp3) is 0.185. The van der Waals surface area contributed by atoms with Crippen LogP contribution in [0.3, 0.4) is 0 Å². The number of sulfonamides is 1. The maximum Gasteiger partial charge on any atom is 0.264 e. The third-order valence-electron chi connectivity index (χ3n) is 6.01. The maximum atomic E-state index is 14.0. The van der Waals surface area contributed by atoms with Crippen LogP contribution >= 0.6 is 0 Å². The monoisotopic (exact) mass is 536 g/mol. The van der Waals surface area contributed by atoms with E-state index in [1.807, 2.05) is 42.0 Å². The fourth-order valence-electron chi connectivity index (χ4n) is 4.07. The molecular weight excluding hydrogens is 511 g/mol. The third kappa shape index (κ3) is 5.32. The van der Waals surface area contributed by atoms with Crippen LogP contribution < -0.4 is 19.1 Å². The van der Waals surface area contributed by atoms with E-state index in [2.05, 4.69) is 10.3 Å². The molecule has 0 radical (unpaired) electrons. The number of aromatic nitrogens is 2. The summed E-state index contributed by atoms with van der Waals surface area (Å²) >= 11 is 0. The average Bonchev–Trinajstić information content (AvgIpc) is 3.36. The molecule has 3 aromatic carbocycles. The molecule has 0 atom stereocenters. The summed E-state index contributed by atoms with van der Waals surface area (Å²) in [7, 11) is -4.26. The fourth-order valence-corrected chi connectivity index (χ4v) is 5.50. The summed E-state index contributed by atoms with van der Waals surface area (Å²) in [6.45, 7) is 2.18. The van der Waals surface area contributed by atoms with Gasteiger partial charge in [-0.15, -0.1) is 0 Å². The van der Waals surface area contributed by atoms with Crippen LogP contribution in [0.15, 0.2) is 84.0 Å². The van der Waals surface area contributed by atoms with Crippen LogP contribution in [-0.2, 0) is 21.4 Å². The molecule has 0 aliphatic carbocycles. The highest BCUT2D eigenvalue weighted by Gasteiger charge is 2.29. The predicted octanol–water partition coefficient (Wildman–Crippen LogP) is 3.60. The lowest BCUT2D eigenvalue weighted by Crippen LogP contribution is -2.40. The largest absolute Gasteiger partial charge is 0.486 e. The van der Waals surface area contributed by atoms with E-state index in [-0.39, 0.29) is 29.5 Å². The van der Waals surface area contributed by atoms with Crippen LogP contribution in [0, 0.1) is 12.7 Å². The highest BCUT2D eigenvalue weighted by Crippen LogP contribution is 2.34. The summed E-state index contributed by atoms with van der Waals surface area (Å²) in [4.78, 5) is 17.0. The number of fused-ring (bicyclic) bond motifs is 1. The minimum absolute atomic E-state index is 0.0232. The predicted molar refractivity (Wildman–Crippen MR) is 139 cm³/mol. The lowest BCUT2D eigenvalue weighted by atomic mass is 10.2. The van der Waals surface area contributed by atoms with E-state index in [4.69, 9.17) is 9.47 Å². The number of halogens is 1. The van der Waals surface area contributed by atoms with Gasteiger partial charge in [0, 0.05) is 30.7 Å². The maximum absolute atomic E-state index is 14.0. The molecule has 0 spiro atoms. The first-order chi connectivity index (χ1) is 18.3. The van der Waals surface area contributed by atoms with E-state index < -0.39 is 28.3 Å². The number of carbonyl (C=O) groups excluding carboxylic acids is 1. The number of ether oxygens (including phenoxy) is 2. The number of rotatable bonds is 8. The Morgan fingerprint density at radius 2 is 1.82 bits per heavy atom. The lowest BCUT2D eigenvalue weighted by molar-refractivity contribution is -0.119. The van der Waals surface area contributed by atoms with Gasteiger partial charge in [0.05, 0.1) is 10.6 Å². The van der Waals surface area contributed by atoms with Gasteiger partial charge in [-0.1, -0.05) is 18.2 Å². The van der Waals surface area contributed by atoms with Gasteiger partial charge < -0.3 is 19.4 Å². The van der Waals surface area contributed by atoms with Gasteiger partial charge in [0.25, 0.3) is 10.0 Å². The summed E-state index contributed by atoms with van der Waals surface area (Å²) in [5, 5.41) is 2.75. The van der Waals surface area contributed by atoms with Gasteiger partial charge in [0.2, 0.25) is 5.91 Å². The number of aryl methyl sites for hydroxylation is 1. The van der Waals surface area contributed by atoms with Crippen LogP contribution in [0.2, 0.25) is 0 Å². The van der Waals surface area contributed by atoms with E-state index in [9.17, 15) is 17.6 Å². The Labute approximate surface area is 219 Å². The van der Waals surface area contributed by atoms with Crippen LogP contribution in [0.1, 0.15) is 11.4 Å². The molecule has 1 N–H and O–H groups in total. The molecule has 38 heavy (non-hydrogen) atoms. The van der Waals surface area contributed by atoms with E-state index >= 15 is 0 Å². The van der Waals surface area contributed by atoms with Crippen molar-refractivity contribution in [2.24, 2.45) is 0 Å². The first-order valence-corrected chi connectivity index (χ1v) is 13.3. The first kappa shape index (κ1) is 25.3. The van der Waals surface area contributed by atoms with Gasteiger partial charge in [0.15, 0.2) is 11.5 Å². The van der Waals surface area contributed by atoms with Gasteiger partial charge in [0.1, 0.15) is 31.4 Å². The second-order valence-corrected chi connectivity index (χ2v) is 10.4. The standard InChI is InChI=1S/C27H25FN4O5S/c1-19-29-11-12-31(19)22-7-5-20(6-8-22)17-30-27(33)18-32(23-4-2-3-21(28)15-23)38(34,35)24-9-10-25-26(16-24)37-14-13-36-25/h2-12,15-16H,13-14,17-18H2,1H3,(H,30,33). The molecule has 0 bridgehead atoms. The summed E-state index contributed by atoms with van der Waals surface area (Å²) in [6.07, 6.45) is 3.57. The Morgan fingerprint density at radius 1 is 1.05 bits per heavy atom. The molecule has 1 aliphatic heterocycles. The number of carbonyl (C=O) groups is 1. The molecule has 1 aromatic heterocycles. The Kier molecular flexibility index (Phi) is 7.01. The van der Waals surface area contributed by atoms with Crippen molar-refractivity contribution in [2.45, 2.75) is 18.4 Å². The third-order valence-corrected chi connectivity index (χ3v) is 7.78. The molecule has 0 saturated heterocycles. The quantitative estimate of drug-likeness (QED) is 0.369. The normalized spacial score (nSPS) is 12.7. The zero-order valence-corrected chi connectivity index (χ0v) is 21.3. The molecule has 11 heteroatoms. The molecule has 0 fully saturated rings. The molecular formula is C27H25FN4O5S. The van der Waals surface area contributed by atoms with Crippen molar-refractivity contribution < 1.29 is 27.1 Å². The smallest absolute Gasteiger partial charge is 0.264 e. The number of hydrogen-bond donors (Lipinski definition) is 1. The Morgan fingerprint density at radius 3 is 2.53 bits per heavy atom. The SMILES string of the molecule is Cc1nccn1-c1ccc(CNC(=O)CN(c2cccc(F)c2)S(=O)(=O)c2ccc3c(c2)OCCO3)cc1. The van der Waals surface area contributed by atoms with Crippen molar-refractivity contribution in [2.75, 3.05) is 24.1 Å². The lowest BCUT2D eigenvalue weighted by Gasteiger charge is -2.25. The number of hydrogen-bond acceptors (Lipinski definition) is 6. The van der Waals surface area contributed by atoms with Crippen molar-refractivity contribution in [3.05, 3.63) is 96.3 Å². The van der Waals surface area contributed by atoms with Crippen molar-refractivity contribution in [1.29, 1.82) is 0 Å². The molecule has 9 nitrogen and oxygen atoms in total. The number of nitrogens with one attached hydrogen (secondary N) is 1. The summed E-state index contributed by atoms with van der Waals surface area (Å²) in [6, 6.07) is 16.8. The first-order valence-electron chi connectivity index (χ1n) is 11.9. The second kappa shape index (κ2) is 10.5. The van der Waals surface area contributed by atoms with Gasteiger partial charge >= 0.3 is 0 Å². The molecule has 0 unspecified atom stereocenters. The highest BCUT2D eigenvalue weighted by molar-refractivity contribution is 7.92. The molecule has 1 aliphatic rings. The van der Waals surface area contributed by atoms with Crippen molar-refractivity contribution in [1.82, 2.24) is 14.9 Å². The zero-order chi connectivity index (χ0) is 26.7. The Bertz CT molecular complexity index is 1570. The van der Waals surface area contributed by atoms with Gasteiger partial charge in [-0.2, -0.15) is 0 Å². The zero-order valence-electron chi connectivity index (χ0n) is 20.5. The number of anilines is 1. The molecule has 0 saturated carbocycles. The Hall–Kier alpha value is -4.38. The van der Waals surface area contributed by atoms with Gasteiger partial charge in [-0.05, 0) is 55.0 Å². The summed E-state index contributed by atoms with van der Waals surface area (Å²) in [5.74, 6) is 0.390. The van der Waals surface area contributed by atoms with E-state index in [1.54, 1.807) is 6.20 Å². The summed E-state index contributed by atoms with van der Waals surface area (Å²) < 4.78 is 55.1. The van der Waals surface area contributed by atoms with Crippen molar-refractivity contribution >= 4 is 21.6 Å². The molecule has 1 amide bonds. The number of nitrogens with zero attached hydrogens (tertiary/aromatic N) is 3. The molecule has 4 aromatic rings. The molecule has 196 valence electrons. The van der Waals surface area contributed by atoms with Crippen molar-refractivity contribution in [3.63, 3.8) is 0 Å². The Balaban J connectivity index is 1.34. The topological polar surface area (TPSA) is 103 Å². The van der Waals surface area contributed by atoms with Gasteiger partial charge in [-0.3, -0.25) is 9.10 Å².